The van der Waals surface area contributed by atoms with E-state index in [0.29, 0.717) is 6.42 Å². The van der Waals surface area contributed by atoms with Crippen LogP contribution in [0.25, 0.3) is 0 Å². The number of pyridine rings is 1. The summed E-state index contributed by atoms with van der Waals surface area (Å²) >= 11 is 0. The Morgan fingerprint density at radius 1 is 1.14 bits per heavy atom. The van der Waals surface area contributed by atoms with Gasteiger partial charge in [-0.15, -0.1) is 0 Å². The zero-order valence-corrected chi connectivity index (χ0v) is 16.0. The van der Waals surface area contributed by atoms with Crippen LogP contribution in [0, 0.1) is 5.82 Å². The molecule has 0 spiro atoms. The number of nitrogens with zero attached hydrogens (tertiary/aromatic N) is 2. The normalized spacial score (nSPS) is 17.3. The van der Waals surface area contributed by atoms with E-state index in [0.717, 1.165) is 74.3 Å². The van der Waals surface area contributed by atoms with E-state index in [9.17, 15) is 9.18 Å². The molecule has 2 aliphatic rings. The largest absolute Gasteiger partial charge is 0.490 e. The quantitative estimate of drug-likeness (QED) is 0.828. The summed E-state index contributed by atoms with van der Waals surface area (Å²) in [5.74, 6) is 0.787. The van der Waals surface area contributed by atoms with Crippen molar-refractivity contribution in [1.82, 2.24) is 9.88 Å². The summed E-state index contributed by atoms with van der Waals surface area (Å²) in [5, 5.41) is 2.89. The van der Waals surface area contributed by atoms with Crippen LogP contribution in [-0.2, 0) is 17.6 Å². The summed E-state index contributed by atoms with van der Waals surface area (Å²) in [7, 11) is 0. The Balaban J connectivity index is 1.22. The lowest BCUT2D eigenvalue weighted by Gasteiger charge is -2.32. The van der Waals surface area contributed by atoms with Gasteiger partial charge in [0.15, 0.2) is 0 Å². The van der Waals surface area contributed by atoms with E-state index in [1.807, 2.05) is 0 Å². The maximum absolute atomic E-state index is 13.9. The number of piperidine rings is 1. The second-order valence-electron chi connectivity index (χ2n) is 7.55. The monoisotopic (exact) mass is 383 g/mol. The van der Waals surface area contributed by atoms with Gasteiger partial charge in [-0.05, 0) is 61.9 Å². The van der Waals surface area contributed by atoms with Crippen LogP contribution in [-0.4, -0.2) is 41.5 Å². The molecule has 1 aliphatic heterocycles. The highest BCUT2D eigenvalue weighted by atomic mass is 19.1. The van der Waals surface area contributed by atoms with E-state index < -0.39 is 0 Å². The molecule has 1 N–H and O–H groups in total. The number of fused-ring (bicyclic) bond motifs is 1. The molecule has 0 atom stereocenters. The van der Waals surface area contributed by atoms with Gasteiger partial charge in [0.1, 0.15) is 17.7 Å². The molecule has 1 fully saturated rings. The van der Waals surface area contributed by atoms with Crippen LogP contribution in [0.15, 0.2) is 36.7 Å². The van der Waals surface area contributed by atoms with Crippen molar-refractivity contribution in [3.8, 4) is 5.75 Å². The molecule has 2 aromatic rings. The van der Waals surface area contributed by atoms with Crippen molar-refractivity contribution in [2.45, 2.75) is 44.6 Å². The molecule has 148 valence electrons. The van der Waals surface area contributed by atoms with Crippen molar-refractivity contribution >= 4 is 11.6 Å². The predicted molar refractivity (Wildman–Crippen MR) is 106 cm³/mol. The van der Waals surface area contributed by atoms with E-state index in [2.05, 4.69) is 15.2 Å². The summed E-state index contributed by atoms with van der Waals surface area (Å²) in [5.41, 5.74) is 2.68. The minimum Gasteiger partial charge on any atom is -0.490 e. The van der Waals surface area contributed by atoms with Crippen molar-refractivity contribution in [3.05, 3.63) is 53.6 Å². The fourth-order valence-corrected chi connectivity index (χ4v) is 4.09. The number of benzene rings is 1. The number of carbonyl (C=O) groups is 1. The van der Waals surface area contributed by atoms with Gasteiger partial charge in [0.25, 0.3) is 0 Å². The Morgan fingerprint density at radius 2 is 1.89 bits per heavy atom. The number of ether oxygens (including phenoxy) is 1. The minimum absolute atomic E-state index is 0.0199. The second-order valence-corrected chi connectivity index (χ2v) is 7.55. The van der Waals surface area contributed by atoms with Gasteiger partial charge in [-0.25, -0.2) is 4.39 Å². The molecule has 0 radical (unpaired) electrons. The summed E-state index contributed by atoms with van der Waals surface area (Å²) in [6.07, 6.45) is 8.56. The first-order valence-corrected chi connectivity index (χ1v) is 10.1. The maximum Gasteiger partial charge on any atom is 0.225 e. The zero-order chi connectivity index (χ0) is 19.3. The van der Waals surface area contributed by atoms with E-state index in [-0.39, 0.29) is 17.8 Å². The van der Waals surface area contributed by atoms with Crippen LogP contribution in [0.5, 0.6) is 5.75 Å². The maximum atomic E-state index is 13.9. The molecule has 6 heteroatoms. The first-order chi connectivity index (χ1) is 13.7. The number of aromatic nitrogens is 1. The van der Waals surface area contributed by atoms with E-state index in [4.69, 9.17) is 4.74 Å². The standard InChI is InChI=1S/C22H26FN3O2/c23-20-4-5-21(19-3-1-2-18(19)20)28-17-8-13-26(14-9-17)15-10-22(27)25-16-6-11-24-12-7-16/h4-7,11-12,17H,1-3,8-10,13-15H2,(H,24,25,27). The molecule has 0 saturated carbocycles. The highest BCUT2D eigenvalue weighted by molar-refractivity contribution is 5.90. The average Bonchev–Trinajstić information content (AvgIpc) is 3.21. The van der Waals surface area contributed by atoms with Gasteiger partial charge in [-0.3, -0.25) is 9.78 Å². The van der Waals surface area contributed by atoms with Crippen LogP contribution in [0.3, 0.4) is 0 Å². The fourth-order valence-electron chi connectivity index (χ4n) is 4.09. The number of anilines is 1. The molecule has 1 aromatic heterocycles. The average molecular weight is 383 g/mol. The zero-order valence-electron chi connectivity index (χ0n) is 16.0. The first-order valence-electron chi connectivity index (χ1n) is 10.1. The van der Waals surface area contributed by atoms with Gasteiger partial charge in [-0.1, -0.05) is 0 Å². The van der Waals surface area contributed by atoms with Crippen molar-refractivity contribution in [1.29, 1.82) is 0 Å². The third-order valence-electron chi connectivity index (χ3n) is 5.63. The summed E-state index contributed by atoms with van der Waals surface area (Å²) < 4.78 is 20.1. The number of halogens is 1. The van der Waals surface area contributed by atoms with Crippen molar-refractivity contribution in [3.63, 3.8) is 0 Å². The van der Waals surface area contributed by atoms with Crippen molar-refractivity contribution < 1.29 is 13.9 Å². The van der Waals surface area contributed by atoms with Crippen molar-refractivity contribution in [2.75, 3.05) is 25.0 Å². The van der Waals surface area contributed by atoms with E-state index in [1.165, 1.54) is 6.07 Å². The number of hydrogen-bond acceptors (Lipinski definition) is 4. The number of likely N-dealkylation sites (tertiary alicyclic amines) is 1. The second kappa shape index (κ2) is 8.69. The molecule has 2 heterocycles. The SMILES string of the molecule is O=C(CCN1CCC(Oc2ccc(F)c3c2CCC3)CC1)Nc1ccncc1. The molecular formula is C22H26FN3O2. The van der Waals surface area contributed by atoms with Gasteiger partial charge in [-0.2, -0.15) is 0 Å². The third-order valence-corrected chi connectivity index (χ3v) is 5.63. The summed E-state index contributed by atoms with van der Waals surface area (Å²) in [6, 6.07) is 6.89. The Labute approximate surface area is 164 Å². The van der Waals surface area contributed by atoms with Gasteiger partial charge >= 0.3 is 0 Å². The molecule has 0 unspecified atom stereocenters. The smallest absolute Gasteiger partial charge is 0.225 e. The molecule has 1 aliphatic carbocycles. The van der Waals surface area contributed by atoms with E-state index in [1.54, 1.807) is 30.6 Å². The Morgan fingerprint density at radius 3 is 2.68 bits per heavy atom. The van der Waals surface area contributed by atoms with Gasteiger partial charge in [0.2, 0.25) is 5.91 Å². The molecule has 28 heavy (non-hydrogen) atoms. The lowest BCUT2D eigenvalue weighted by Crippen LogP contribution is -2.39. The van der Waals surface area contributed by atoms with Crippen LogP contribution in [0.2, 0.25) is 0 Å². The highest BCUT2D eigenvalue weighted by Gasteiger charge is 2.24. The first kappa shape index (κ1) is 18.9. The molecule has 5 nitrogen and oxygen atoms in total. The van der Waals surface area contributed by atoms with Crippen LogP contribution in [0.1, 0.15) is 36.8 Å². The van der Waals surface area contributed by atoms with Gasteiger partial charge in [0, 0.05) is 49.7 Å². The van der Waals surface area contributed by atoms with Crippen LogP contribution >= 0.6 is 0 Å². The highest BCUT2D eigenvalue weighted by Crippen LogP contribution is 2.34. The molecular weight excluding hydrogens is 357 g/mol. The molecule has 1 aromatic carbocycles. The number of nitrogens with one attached hydrogen (secondary N) is 1. The number of carbonyl (C=O) groups excluding carboxylic acids is 1. The van der Waals surface area contributed by atoms with Gasteiger partial charge < -0.3 is 15.0 Å². The molecule has 1 saturated heterocycles. The minimum atomic E-state index is -0.0975. The molecule has 1 amide bonds. The third kappa shape index (κ3) is 4.50. The summed E-state index contributed by atoms with van der Waals surface area (Å²) in [4.78, 5) is 18.3. The lowest BCUT2D eigenvalue weighted by molar-refractivity contribution is -0.116. The number of amides is 1. The lowest BCUT2D eigenvalue weighted by atomic mass is 10.1. The fraction of sp³-hybridized carbons (Fsp3) is 0.455. The molecule has 0 bridgehead atoms. The summed E-state index contributed by atoms with van der Waals surface area (Å²) in [6.45, 7) is 2.57. The number of rotatable bonds is 6. The topological polar surface area (TPSA) is 54.5 Å². The predicted octanol–water partition coefficient (Wildman–Crippen LogP) is 3.58. The Hall–Kier alpha value is -2.47. The van der Waals surface area contributed by atoms with E-state index >= 15 is 0 Å². The van der Waals surface area contributed by atoms with Crippen molar-refractivity contribution in [2.24, 2.45) is 0 Å². The van der Waals surface area contributed by atoms with Crippen LogP contribution in [0.4, 0.5) is 10.1 Å². The Bertz CT molecular complexity index is 820. The Kier molecular flexibility index (Phi) is 5.86. The number of hydrogen-bond donors (Lipinski definition) is 1. The van der Waals surface area contributed by atoms with Gasteiger partial charge in [0.05, 0.1) is 0 Å². The molecule has 4 rings (SSSR count). The van der Waals surface area contributed by atoms with Crippen LogP contribution < -0.4 is 10.1 Å².